The smallest absolute Gasteiger partial charge is 0.337 e. The summed E-state index contributed by atoms with van der Waals surface area (Å²) in [6.45, 7) is 11.6. The van der Waals surface area contributed by atoms with Crippen LogP contribution in [0, 0.1) is 0 Å². The highest BCUT2D eigenvalue weighted by molar-refractivity contribution is 6.85. The standard InChI is InChI=1S/C16H24O2Si/c1-16(2,3)19(5,6)12-11-13-7-9-14(10-8-13)15(17)18-4/h7-12H,1-6H3/b12-11+. The lowest BCUT2D eigenvalue weighted by atomic mass is 10.1. The van der Waals surface area contributed by atoms with Crippen LogP contribution in [0.4, 0.5) is 0 Å². The molecule has 1 aromatic carbocycles. The molecule has 0 aliphatic heterocycles. The number of ether oxygens (including phenoxy) is 1. The van der Waals surface area contributed by atoms with E-state index in [-0.39, 0.29) is 5.97 Å². The largest absolute Gasteiger partial charge is 0.465 e. The third-order valence-electron chi connectivity index (χ3n) is 3.96. The molecule has 2 nitrogen and oxygen atoms in total. The first-order valence-corrected chi connectivity index (χ1v) is 9.63. The SMILES string of the molecule is COC(=O)c1ccc(/C=C/[Si](C)(C)C(C)(C)C)cc1. The average Bonchev–Trinajstić information content (AvgIpc) is 2.35. The van der Waals surface area contributed by atoms with Gasteiger partial charge < -0.3 is 4.74 Å². The molecule has 0 amide bonds. The predicted octanol–water partition coefficient (Wildman–Crippen LogP) is 4.53. The van der Waals surface area contributed by atoms with Gasteiger partial charge in [0.1, 0.15) is 0 Å². The number of carbonyl (C=O) groups is 1. The first-order valence-electron chi connectivity index (χ1n) is 6.55. The Kier molecular flexibility index (Phi) is 4.74. The Morgan fingerprint density at radius 1 is 1.16 bits per heavy atom. The minimum absolute atomic E-state index is 0.292. The highest BCUT2D eigenvalue weighted by atomic mass is 28.3. The molecular weight excluding hydrogens is 252 g/mol. The van der Waals surface area contributed by atoms with Crippen LogP contribution in [-0.2, 0) is 4.74 Å². The molecule has 1 rings (SSSR count). The van der Waals surface area contributed by atoms with E-state index in [9.17, 15) is 4.79 Å². The first-order chi connectivity index (χ1) is 8.67. The van der Waals surface area contributed by atoms with E-state index in [4.69, 9.17) is 0 Å². The third kappa shape index (κ3) is 4.06. The second-order valence-corrected chi connectivity index (χ2v) is 11.7. The molecule has 0 N–H and O–H groups in total. The van der Waals surface area contributed by atoms with Gasteiger partial charge in [-0.25, -0.2) is 4.79 Å². The van der Waals surface area contributed by atoms with E-state index in [0.29, 0.717) is 10.6 Å². The van der Waals surface area contributed by atoms with Crippen LogP contribution in [0.3, 0.4) is 0 Å². The topological polar surface area (TPSA) is 26.3 Å². The lowest BCUT2D eigenvalue weighted by molar-refractivity contribution is 0.0600. The first kappa shape index (κ1) is 15.7. The van der Waals surface area contributed by atoms with Gasteiger partial charge in [-0.1, -0.05) is 57.8 Å². The van der Waals surface area contributed by atoms with Crippen molar-refractivity contribution in [2.75, 3.05) is 7.11 Å². The fraction of sp³-hybridized carbons (Fsp3) is 0.438. The molecule has 0 spiro atoms. The number of hydrogen-bond donors (Lipinski definition) is 0. The summed E-state index contributed by atoms with van der Waals surface area (Å²) in [5, 5.41) is 0.343. The summed E-state index contributed by atoms with van der Waals surface area (Å²) in [6.07, 6.45) is 2.17. The second-order valence-electron chi connectivity index (χ2n) is 6.42. The molecule has 19 heavy (non-hydrogen) atoms. The van der Waals surface area contributed by atoms with E-state index in [2.05, 4.69) is 50.4 Å². The van der Waals surface area contributed by atoms with Gasteiger partial charge in [-0.15, -0.1) is 0 Å². The predicted molar refractivity (Wildman–Crippen MR) is 84.0 cm³/mol. The molecule has 0 bridgehead atoms. The minimum atomic E-state index is -1.40. The van der Waals surface area contributed by atoms with Crippen molar-refractivity contribution in [2.24, 2.45) is 0 Å². The maximum atomic E-state index is 11.3. The van der Waals surface area contributed by atoms with Gasteiger partial charge in [0.2, 0.25) is 0 Å². The molecule has 3 heteroatoms. The van der Waals surface area contributed by atoms with Gasteiger partial charge >= 0.3 is 5.97 Å². The Morgan fingerprint density at radius 2 is 1.68 bits per heavy atom. The molecule has 1 aromatic rings. The second kappa shape index (κ2) is 5.74. The zero-order valence-corrected chi connectivity index (χ0v) is 13.8. The third-order valence-corrected chi connectivity index (χ3v) is 8.82. The van der Waals surface area contributed by atoms with Crippen molar-refractivity contribution in [3.8, 4) is 0 Å². The monoisotopic (exact) mass is 276 g/mol. The van der Waals surface area contributed by atoms with Crippen molar-refractivity contribution in [2.45, 2.75) is 38.9 Å². The Hall–Kier alpha value is -1.35. The number of hydrogen-bond acceptors (Lipinski definition) is 2. The highest BCUT2D eigenvalue weighted by Gasteiger charge is 2.32. The number of rotatable bonds is 3. The molecule has 0 aromatic heterocycles. The lowest BCUT2D eigenvalue weighted by Gasteiger charge is -2.34. The van der Waals surface area contributed by atoms with Crippen molar-refractivity contribution >= 4 is 20.1 Å². The number of esters is 1. The maximum Gasteiger partial charge on any atom is 0.337 e. The van der Waals surface area contributed by atoms with Crippen molar-refractivity contribution in [3.63, 3.8) is 0 Å². The van der Waals surface area contributed by atoms with E-state index < -0.39 is 8.07 Å². The Morgan fingerprint density at radius 3 is 2.11 bits per heavy atom. The minimum Gasteiger partial charge on any atom is -0.465 e. The fourth-order valence-corrected chi connectivity index (χ4v) is 2.51. The normalized spacial score (nSPS) is 12.7. The Bertz CT molecular complexity index is 465. The quantitative estimate of drug-likeness (QED) is 0.598. The van der Waals surface area contributed by atoms with Crippen LogP contribution in [-0.4, -0.2) is 21.2 Å². The van der Waals surface area contributed by atoms with E-state index in [1.807, 2.05) is 12.1 Å². The molecule has 0 radical (unpaired) electrons. The van der Waals surface area contributed by atoms with Crippen LogP contribution < -0.4 is 0 Å². The number of benzene rings is 1. The average molecular weight is 276 g/mol. The summed E-state index contributed by atoms with van der Waals surface area (Å²) in [6, 6.07) is 7.51. The van der Waals surface area contributed by atoms with Gasteiger partial charge in [0, 0.05) is 0 Å². The van der Waals surface area contributed by atoms with E-state index in [1.165, 1.54) is 7.11 Å². The molecule has 0 aliphatic rings. The summed E-state index contributed by atoms with van der Waals surface area (Å²) in [4.78, 5) is 11.3. The van der Waals surface area contributed by atoms with Crippen molar-refractivity contribution in [1.29, 1.82) is 0 Å². The number of carbonyl (C=O) groups excluding carboxylic acids is 1. The van der Waals surface area contributed by atoms with Crippen molar-refractivity contribution < 1.29 is 9.53 Å². The van der Waals surface area contributed by atoms with Gasteiger partial charge in [-0.2, -0.15) is 0 Å². The van der Waals surface area contributed by atoms with Crippen LogP contribution in [0.15, 0.2) is 30.0 Å². The summed E-state index contributed by atoms with van der Waals surface area (Å²) < 4.78 is 4.68. The molecule has 104 valence electrons. The molecular formula is C16H24O2Si. The molecule has 0 heterocycles. The molecule has 0 saturated carbocycles. The molecule has 0 unspecified atom stereocenters. The Balaban J connectivity index is 2.87. The van der Waals surface area contributed by atoms with Gasteiger partial charge in [0.05, 0.1) is 20.7 Å². The lowest BCUT2D eigenvalue weighted by Crippen LogP contribution is -2.34. The zero-order valence-electron chi connectivity index (χ0n) is 12.8. The summed E-state index contributed by atoms with van der Waals surface area (Å²) >= 11 is 0. The van der Waals surface area contributed by atoms with Crippen molar-refractivity contribution in [1.82, 2.24) is 0 Å². The summed E-state index contributed by atoms with van der Waals surface area (Å²) in [7, 11) is -0.00574. The van der Waals surface area contributed by atoms with Gasteiger partial charge in [0.25, 0.3) is 0 Å². The van der Waals surface area contributed by atoms with Gasteiger partial charge in [-0.05, 0) is 22.7 Å². The van der Waals surface area contributed by atoms with Crippen LogP contribution in [0.1, 0.15) is 36.7 Å². The van der Waals surface area contributed by atoms with E-state index in [1.54, 1.807) is 12.1 Å². The molecule has 0 aliphatic carbocycles. The van der Waals surface area contributed by atoms with Crippen LogP contribution in [0.5, 0.6) is 0 Å². The molecule has 0 saturated heterocycles. The molecule has 0 atom stereocenters. The van der Waals surface area contributed by atoms with Crippen LogP contribution in [0.2, 0.25) is 18.1 Å². The van der Waals surface area contributed by atoms with Crippen LogP contribution >= 0.6 is 0 Å². The zero-order chi connectivity index (χ0) is 14.7. The van der Waals surface area contributed by atoms with Gasteiger partial charge in [-0.3, -0.25) is 0 Å². The van der Waals surface area contributed by atoms with Crippen molar-refractivity contribution in [3.05, 3.63) is 41.1 Å². The molecule has 0 fully saturated rings. The van der Waals surface area contributed by atoms with E-state index >= 15 is 0 Å². The summed E-state index contributed by atoms with van der Waals surface area (Å²) in [5.41, 5.74) is 4.07. The van der Waals surface area contributed by atoms with E-state index in [0.717, 1.165) is 5.56 Å². The highest BCUT2D eigenvalue weighted by Crippen LogP contribution is 2.36. The van der Waals surface area contributed by atoms with Gasteiger partial charge in [0.15, 0.2) is 0 Å². The summed E-state index contributed by atoms with van der Waals surface area (Å²) in [5.74, 6) is -0.292. The number of methoxy groups -OCH3 is 1. The Labute approximate surface area is 117 Å². The fourth-order valence-electron chi connectivity index (χ4n) is 1.40. The maximum absolute atomic E-state index is 11.3. The van der Waals surface area contributed by atoms with Crippen LogP contribution in [0.25, 0.3) is 6.08 Å².